The normalized spacial score (nSPS) is 30.6. The second-order valence-electron chi connectivity index (χ2n) is 5.16. The highest BCUT2D eigenvalue weighted by Gasteiger charge is 2.46. The average Bonchev–Trinajstić information content (AvgIpc) is 2.75. The number of fused-ring (bicyclic) bond motifs is 3. The van der Waals surface area contributed by atoms with Gasteiger partial charge in [0.05, 0.1) is 5.54 Å². The standard InChI is InChI=1S/C11H15BrN4OS/c1-7(17)13-11-4-2-8(3-5-11)16(6-11)10-15-14-9(12)18-10/h8H,2-6H2,1H3,(H,13,17). The maximum absolute atomic E-state index is 11.4. The Bertz CT molecular complexity index is 469. The third kappa shape index (κ3) is 2.14. The van der Waals surface area contributed by atoms with E-state index in [2.05, 4.69) is 36.3 Å². The average molecular weight is 331 g/mol. The molecule has 2 bridgehead atoms. The van der Waals surface area contributed by atoms with Gasteiger partial charge in [0.15, 0.2) is 3.92 Å². The predicted octanol–water partition coefficient (Wildman–Crippen LogP) is 1.94. The number of nitrogens with zero attached hydrogens (tertiary/aromatic N) is 3. The van der Waals surface area contributed by atoms with Gasteiger partial charge in [-0.1, -0.05) is 11.3 Å². The molecule has 3 heterocycles. The number of anilines is 1. The van der Waals surface area contributed by atoms with Gasteiger partial charge in [-0.05, 0) is 41.6 Å². The van der Waals surface area contributed by atoms with E-state index < -0.39 is 0 Å². The Balaban J connectivity index is 1.84. The van der Waals surface area contributed by atoms with Crippen molar-refractivity contribution in [1.82, 2.24) is 15.5 Å². The van der Waals surface area contributed by atoms with Gasteiger partial charge in [-0.25, -0.2) is 0 Å². The Morgan fingerprint density at radius 1 is 1.50 bits per heavy atom. The topological polar surface area (TPSA) is 58.1 Å². The maximum atomic E-state index is 11.4. The predicted molar refractivity (Wildman–Crippen MR) is 73.8 cm³/mol. The van der Waals surface area contributed by atoms with Crippen molar-refractivity contribution in [3.63, 3.8) is 0 Å². The fraction of sp³-hybridized carbons (Fsp3) is 0.727. The molecular weight excluding hydrogens is 316 g/mol. The zero-order valence-corrected chi connectivity index (χ0v) is 12.6. The molecule has 2 saturated heterocycles. The van der Waals surface area contributed by atoms with Gasteiger partial charge in [0.1, 0.15) is 0 Å². The molecule has 1 saturated carbocycles. The number of aromatic nitrogens is 2. The molecule has 5 nitrogen and oxygen atoms in total. The van der Waals surface area contributed by atoms with E-state index >= 15 is 0 Å². The summed E-state index contributed by atoms with van der Waals surface area (Å²) in [5, 5.41) is 12.3. The molecule has 4 rings (SSSR count). The van der Waals surface area contributed by atoms with E-state index in [9.17, 15) is 4.79 Å². The molecule has 0 unspecified atom stereocenters. The van der Waals surface area contributed by atoms with Crippen molar-refractivity contribution in [3.05, 3.63) is 3.92 Å². The van der Waals surface area contributed by atoms with E-state index in [4.69, 9.17) is 0 Å². The van der Waals surface area contributed by atoms with Gasteiger partial charge < -0.3 is 10.2 Å². The zero-order chi connectivity index (χ0) is 12.8. The van der Waals surface area contributed by atoms with E-state index in [0.29, 0.717) is 6.04 Å². The van der Waals surface area contributed by atoms with Crippen LogP contribution >= 0.6 is 27.3 Å². The number of rotatable bonds is 2. The molecule has 7 heteroatoms. The Kier molecular flexibility index (Phi) is 3.05. The highest BCUT2D eigenvalue weighted by Crippen LogP contribution is 2.41. The van der Waals surface area contributed by atoms with Crippen LogP contribution in [0.1, 0.15) is 32.6 Å². The minimum absolute atomic E-state index is 0.0568. The number of piperidine rings is 2. The van der Waals surface area contributed by atoms with E-state index in [1.807, 2.05) is 0 Å². The monoisotopic (exact) mass is 330 g/mol. The Morgan fingerprint density at radius 2 is 2.22 bits per heavy atom. The zero-order valence-electron chi connectivity index (χ0n) is 10.1. The first-order valence-corrected chi connectivity index (χ1v) is 7.73. The van der Waals surface area contributed by atoms with Crippen LogP contribution in [0.4, 0.5) is 5.13 Å². The van der Waals surface area contributed by atoms with Crippen molar-refractivity contribution in [2.24, 2.45) is 0 Å². The molecule has 0 aromatic carbocycles. The van der Waals surface area contributed by atoms with Crippen molar-refractivity contribution in [2.75, 3.05) is 11.4 Å². The van der Waals surface area contributed by atoms with Gasteiger partial charge in [-0.3, -0.25) is 4.79 Å². The summed E-state index contributed by atoms with van der Waals surface area (Å²) >= 11 is 4.91. The van der Waals surface area contributed by atoms with Crippen molar-refractivity contribution >= 4 is 38.3 Å². The summed E-state index contributed by atoms with van der Waals surface area (Å²) in [6.07, 6.45) is 4.40. The third-order valence-corrected chi connectivity index (χ3v) is 5.30. The minimum Gasteiger partial charge on any atom is -0.349 e. The molecule has 2 aliphatic heterocycles. The first-order chi connectivity index (χ1) is 8.58. The molecule has 1 amide bonds. The summed E-state index contributed by atoms with van der Waals surface area (Å²) in [6, 6.07) is 0.556. The SMILES string of the molecule is CC(=O)NC12CCC(CC1)N(c1nnc(Br)s1)C2. The lowest BCUT2D eigenvalue weighted by Gasteiger charge is -2.52. The van der Waals surface area contributed by atoms with Crippen LogP contribution in [-0.2, 0) is 4.79 Å². The molecule has 1 aromatic rings. The van der Waals surface area contributed by atoms with Crippen molar-refractivity contribution < 1.29 is 4.79 Å². The van der Waals surface area contributed by atoms with Crippen LogP contribution in [0, 0.1) is 0 Å². The van der Waals surface area contributed by atoms with Gasteiger partial charge >= 0.3 is 0 Å². The molecule has 3 fully saturated rings. The van der Waals surface area contributed by atoms with Crippen LogP contribution in [0.15, 0.2) is 3.92 Å². The second-order valence-corrected chi connectivity index (χ2v) is 7.39. The van der Waals surface area contributed by atoms with Crippen molar-refractivity contribution in [1.29, 1.82) is 0 Å². The summed E-state index contributed by atoms with van der Waals surface area (Å²) in [4.78, 5) is 13.7. The first-order valence-electron chi connectivity index (χ1n) is 6.12. The third-order valence-electron chi connectivity index (χ3n) is 3.90. The number of hydrogen-bond acceptors (Lipinski definition) is 5. The lowest BCUT2D eigenvalue weighted by atomic mass is 9.74. The number of hydrogen-bond donors (Lipinski definition) is 1. The van der Waals surface area contributed by atoms with Crippen LogP contribution in [0.25, 0.3) is 0 Å². The van der Waals surface area contributed by atoms with Crippen LogP contribution < -0.4 is 10.2 Å². The molecule has 0 radical (unpaired) electrons. The summed E-state index contributed by atoms with van der Waals surface area (Å²) < 4.78 is 0.813. The van der Waals surface area contributed by atoms with Crippen LogP contribution in [0.5, 0.6) is 0 Å². The molecule has 1 N–H and O–H groups in total. The number of halogens is 1. The number of carbonyl (C=O) groups excluding carboxylic acids is 1. The number of carbonyl (C=O) groups is 1. The lowest BCUT2D eigenvalue weighted by Crippen LogP contribution is -2.65. The fourth-order valence-corrected chi connectivity index (χ4v) is 4.31. The summed E-state index contributed by atoms with van der Waals surface area (Å²) in [5.74, 6) is 0.0637. The van der Waals surface area contributed by atoms with Crippen LogP contribution in [0.2, 0.25) is 0 Å². The highest BCUT2D eigenvalue weighted by atomic mass is 79.9. The molecule has 98 valence electrons. The Labute approximate surface area is 118 Å². The summed E-state index contributed by atoms with van der Waals surface area (Å²) in [6.45, 7) is 2.46. The summed E-state index contributed by atoms with van der Waals surface area (Å²) in [5.41, 5.74) is -0.0568. The van der Waals surface area contributed by atoms with Crippen molar-refractivity contribution in [3.8, 4) is 0 Å². The quantitative estimate of drug-likeness (QED) is 0.900. The van der Waals surface area contributed by atoms with E-state index in [-0.39, 0.29) is 11.4 Å². The first kappa shape index (κ1) is 12.3. The molecule has 3 aliphatic rings. The van der Waals surface area contributed by atoms with Gasteiger partial charge in [-0.2, -0.15) is 0 Å². The maximum Gasteiger partial charge on any atom is 0.217 e. The minimum atomic E-state index is -0.0568. The molecular formula is C11H15BrN4OS. The lowest BCUT2D eigenvalue weighted by molar-refractivity contribution is -0.121. The molecule has 0 spiro atoms. The van der Waals surface area contributed by atoms with Crippen LogP contribution in [-0.4, -0.2) is 34.2 Å². The van der Waals surface area contributed by atoms with E-state index in [0.717, 1.165) is 41.3 Å². The Morgan fingerprint density at radius 3 is 2.78 bits per heavy atom. The van der Waals surface area contributed by atoms with Crippen molar-refractivity contribution in [2.45, 2.75) is 44.2 Å². The Hall–Kier alpha value is -0.690. The second kappa shape index (κ2) is 4.45. The molecule has 18 heavy (non-hydrogen) atoms. The fourth-order valence-electron chi connectivity index (χ4n) is 3.16. The van der Waals surface area contributed by atoms with E-state index in [1.165, 1.54) is 0 Å². The van der Waals surface area contributed by atoms with Crippen LogP contribution in [0.3, 0.4) is 0 Å². The largest absolute Gasteiger partial charge is 0.349 e. The number of nitrogens with one attached hydrogen (secondary N) is 1. The van der Waals surface area contributed by atoms with Gasteiger partial charge in [0.25, 0.3) is 0 Å². The van der Waals surface area contributed by atoms with E-state index in [1.54, 1.807) is 18.3 Å². The molecule has 0 atom stereocenters. The van der Waals surface area contributed by atoms with Gasteiger partial charge in [-0.15, -0.1) is 10.2 Å². The summed E-state index contributed by atoms with van der Waals surface area (Å²) in [7, 11) is 0. The number of amides is 1. The highest BCUT2D eigenvalue weighted by molar-refractivity contribution is 9.11. The molecule has 1 aromatic heterocycles. The smallest absolute Gasteiger partial charge is 0.217 e. The molecule has 1 aliphatic carbocycles. The van der Waals surface area contributed by atoms with Gasteiger partial charge in [0, 0.05) is 19.5 Å². The van der Waals surface area contributed by atoms with Gasteiger partial charge in [0.2, 0.25) is 11.0 Å².